The van der Waals surface area contributed by atoms with Crippen molar-refractivity contribution in [2.24, 2.45) is 16.8 Å². The summed E-state index contributed by atoms with van der Waals surface area (Å²) in [5.74, 6) is -4.10. The number of hydrogen-bond acceptors (Lipinski definition) is 7. The van der Waals surface area contributed by atoms with Crippen molar-refractivity contribution < 1.29 is 28.2 Å². The van der Waals surface area contributed by atoms with E-state index >= 15 is 0 Å². The maximum absolute atomic E-state index is 14.4. The summed E-state index contributed by atoms with van der Waals surface area (Å²) in [5.41, 5.74) is 0.790. The molecule has 0 spiro atoms. The van der Waals surface area contributed by atoms with Crippen molar-refractivity contribution in [3.63, 3.8) is 0 Å². The van der Waals surface area contributed by atoms with Gasteiger partial charge in [0.1, 0.15) is 6.04 Å². The van der Waals surface area contributed by atoms with Gasteiger partial charge in [0.2, 0.25) is 0 Å². The fourth-order valence-corrected chi connectivity index (χ4v) is 5.22. The minimum absolute atomic E-state index is 0.0999. The Morgan fingerprint density at radius 2 is 2.00 bits per heavy atom. The number of amidine groups is 1. The average molecular weight is 510 g/mol. The quantitative estimate of drug-likeness (QED) is 0.425. The summed E-state index contributed by atoms with van der Waals surface area (Å²) in [4.78, 5) is 33.5. The molecule has 1 aliphatic carbocycles. The van der Waals surface area contributed by atoms with Gasteiger partial charge < -0.3 is 15.2 Å². The molecule has 11 heteroatoms. The van der Waals surface area contributed by atoms with Crippen molar-refractivity contribution in [2.75, 3.05) is 6.61 Å². The Bertz CT molecular complexity index is 1160. The third kappa shape index (κ3) is 4.69. The van der Waals surface area contributed by atoms with E-state index in [0.717, 1.165) is 6.07 Å². The van der Waals surface area contributed by atoms with Crippen LogP contribution in [0.1, 0.15) is 49.2 Å². The first-order valence-corrected chi connectivity index (χ1v) is 12.1. The number of aliphatic imine (C=N–C) groups is 1. The van der Waals surface area contributed by atoms with E-state index in [1.54, 1.807) is 18.5 Å². The highest BCUT2D eigenvalue weighted by Gasteiger charge is 2.39. The zero-order chi connectivity index (χ0) is 24.4. The smallest absolute Gasteiger partial charge is 0.338 e. The van der Waals surface area contributed by atoms with Gasteiger partial charge in [-0.2, -0.15) is 0 Å². The summed E-state index contributed by atoms with van der Waals surface area (Å²) in [6.45, 7) is 1.76. The first-order valence-electron chi connectivity index (χ1n) is 10.8. The van der Waals surface area contributed by atoms with E-state index in [4.69, 9.17) is 16.3 Å². The summed E-state index contributed by atoms with van der Waals surface area (Å²) >= 11 is 7.50. The van der Waals surface area contributed by atoms with Crippen LogP contribution in [-0.2, 0) is 14.3 Å². The fraction of sp³-hybridized carbons (Fsp3) is 0.391. The van der Waals surface area contributed by atoms with E-state index in [-0.39, 0.29) is 23.7 Å². The summed E-state index contributed by atoms with van der Waals surface area (Å²) in [7, 11) is 0. The van der Waals surface area contributed by atoms with Crippen LogP contribution in [0.5, 0.6) is 0 Å². The first kappa shape index (κ1) is 24.3. The van der Waals surface area contributed by atoms with E-state index in [9.17, 15) is 23.5 Å². The number of esters is 1. The van der Waals surface area contributed by atoms with Crippen LogP contribution in [0.2, 0.25) is 5.02 Å². The highest BCUT2D eigenvalue weighted by Crippen LogP contribution is 2.42. The zero-order valence-electron chi connectivity index (χ0n) is 18.2. The number of ether oxygens (including phenoxy) is 1. The Morgan fingerprint density at radius 3 is 2.62 bits per heavy atom. The second-order valence-corrected chi connectivity index (χ2v) is 9.31. The number of aromatic nitrogens is 1. The number of nitrogens with one attached hydrogen (secondary N) is 1. The summed E-state index contributed by atoms with van der Waals surface area (Å²) in [5, 5.41) is 14.4. The van der Waals surface area contributed by atoms with E-state index in [1.165, 1.54) is 17.4 Å². The first-order chi connectivity index (χ1) is 16.3. The van der Waals surface area contributed by atoms with Gasteiger partial charge in [0.25, 0.3) is 0 Å². The molecular weight excluding hydrogens is 488 g/mol. The third-order valence-electron chi connectivity index (χ3n) is 6.05. The molecule has 2 aliphatic rings. The summed E-state index contributed by atoms with van der Waals surface area (Å²) in [6.07, 6.45) is 3.53. The number of allylic oxidation sites excluding steroid dienone is 1. The molecular formula is C23H22ClF2N3O4S. The SMILES string of the molecule is CCOC(=O)C1=C([C@H]2CC[C@H](C(=O)O)CC2)NC(c2nccs2)=N[C@H]1c1ccc(F)c(F)c1Cl. The summed E-state index contributed by atoms with van der Waals surface area (Å²) in [6, 6.07) is 1.18. The molecule has 0 unspecified atom stereocenters. The van der Waals surface area contributed by atoms with Gasteiger partial charge >= 0.3 is 11.9 Å². The van der Waals surface area contributed by atoms with Crippen molar-refractivity contribution in [3.8, 4) is 0 Å². The number of hydrogen-bond donors (Lipinski definition) is 2. The molecule has 0 amide bonds. The lowest BCUT2D eigenvalue weighted by Crippen LogP contribution is -2.38. The van der Waals surface area contributed by atoms with Crippen molar-refractivity contribution in [2.45, 2.75) is 38.6 Å². The normalized spacial score (nSPS) is 22.7. The van der Waals surface area contributed by atoms with Crippen LogP contribution in [0.25, 0.3) is 0 Å². The molecule has 2 heterocycles. The predicted molar refractivity (Wildman–Crippen MR) is 123 cm³/mol. The number of benzene rings is 1. The van der Waals surface area contributed by atoms with Gasteiger partial charge in [-0.1, -0.05) is 17.7 Å². The molecule has 1 fully saturated rings. The standard InChI is InChI=1S/C23H22ClF2N3O4S/c1-2-33-23(32)15-18(11-3-5-12(6-4-11)22(30)31)28-20(21-27-9-10-34-21)29-19(15)13-7-8-14(25)17(26)16(13)24/h7-12,19H,2-6H2,1H3,(H,28,29)(H,30,31)/t11-,12-,19-/m0/s1. The predicted octanol–water partition coefficient (Wildman–Crippen LogP) is 4.87. The molecule has 180 valence electrons. The maximum atomic E-state index is 14.4. The highest BCUT2D eigenvalue weighted by molar-refractivity contribution is 7.11. The Labute approximate surface area is 203 Å². The molecule has 2 N–H and O–H groups in total. The van der Waals surface area contributed by atoms with Crippen LogP contribution >= 0.6 is 22.9 Å². The van der Waals surface area contributed by atoms with Gasteiger partial charge in [0, 0.05) is 22.8 Å². The van der Waals surface area contributed by atoms with E-state index in [0.29, 0.717) is 42.2 Å². The van der Waals surface area contributed by atoms with Crippen molar-refractivity contribution >= 4 is 40.7 Å². The largest absolute Gasteiger partial charge is 0.481 e. The van der Waals surface area contributed by atoms with Crippen LogP contribution in [0, 0.1) is 23.5 Å². The van der Waals surface area contributed by atoms with E-state index in [1.807, 2.05) is 0 Å². The van der Waals surface area contributed by atoms with Crippen LogP contribution in [0.3, 0.4) is 0 Å². The van der Waals surface area contributed by atoms with Gasteiger partial charge in [-0.05, 0) is 44.6 Å². The number of carboxylic acids is 1. The number of aliphatic carboxylic acids is 1. The Morgan fingerprint density at radius 1 is 1.26 bits per heavy atom. The minimum Gasteiger partial charge on any atom is -0.481 e. The molecule has 1 aromatic heterocycles. The van der Waals surface area contributed by atoms with Crippen LogP contribution in [-0.4, -0.2) is 34.5 Å². The van der Waals surface area contributed by atoms with Crippen LogP contribution in [0.4, 0.5) is 8.78 Å². The molecule has 0 radical (unpaired) electrons. The van der Waals surface area contributed by atoms with Gasteiger partial charge in [-0.25, -0.2) is 18.6 Å². The van der Waals surface area contributed by atoms with Crippen molar-refractivity contribution in [3.05, 3.63) is 62.2 Å². The van der Waals surface area contributed by atoms with Gasteiger partial charge in [-0.3, -0.25) is 9.79 Å². The average Bonchev–Trinajstić information content (AvgIpc) is 3.37. The molecule has 1 saturated carbocycles. The molecule has 34 heavy (non-hydrogen) atoms. The Hall–Kier alpha value is -2.85. The molecule has 2 aromatic rings. The van der Waals surface area contributed by atoms with E-state index < -0.39 is 40.6 Å². The minimum atomic E-state index is -1.23. The molecule has 0 bridgehead atoms. The monoisotopic (exact) mass is 509 g/mol. The number of nitrogens with zero attached hydrogens (tertiary/aromatic N) is 2. The topological polar surface area (TPSA) is 101 Å². The van der Waals surface area contributed by atoms with Crippen molar-refractivity contribution in [1.29, 1.82) is 0 Å². The van der Waals surface area contributed by atoms with Crippen LogP contribution < -0.4 is 5.32 Å². The number of carbonyl (C=O) groups excluding carboxylic acids is 1. The molecule has 7 nitrogen and oxygen atoms in total. The van der Waals surface area contributed by atoms with Gasteiger partial charge in [-0.15, -0.1) is 11.3 Å². The lowest BCUT2D eigenvalue weighted by Gasteiger charge is -2.34. The number of carbonyl (C=O) groups is 2. The fourth-order valence-electron chi connectivity index (χ4n) is 4.38. The molecule has 1 aromatic carbocycles. The zero-order valence-corrected chi connectivity index (χ0v) is 19.8. The molecule has 4 rings (SSSR count). The number of thiazole rings is 1. The number of carboxylic acid groups (broad SMARTS) is 1. The lowest BCUT2D eigenvalue weighted by atomic mass is 9.78. The Kier molecular flexibility index (Phi) is 7.27. The third-order valence-corrected chi connectivity index (χ3v) is 7.21. The highest BCUT2D eigenvalue weighted by atomic mass is 35.5. The molecule has 0 saturated heterocycles. The molecule has 1 aliphatic heterocycles. The van der Waals surface area contributed by atoms with Crippen molar-refractivity contribution in [1.82, 2.24) is 10.3 Å². The lowest BCUT2D eigenvalue weighted by molar-refractivity contribution is -0.143. The van der Waals surface area contributed by atoms with Gasteiger partial charge in [0.05, 0.1) is 23.1 Å². The Balaban J connectivity index is 1.85. The second-order valence-electron chi connectivity index (χ2n) is 8.04. The summed E-state index contributed by atoms with van der Waals surface area (Å²) < 4.78 is 33.5. The molecule has 1 atom stereocenters. The van der Waals surface area contributed by atoms with Gasteiger partial charge in [0.15, 0.2) is 22.5 Å². The number of rotatable bonds is 6. The second kappa shape index (κ2) is 10.2. The maximum Gasteiger partial charge on any atom is 0.338 e. The van der Waals surface area contributed by atoms with E-state index in [2.05, 4.69) is 15.3 Å². The van der Waals surface area contributed by atoms with Crippen LogP contribution in [0.15, 0.2) is 40.0 Å². The number of halogens is 3.